The van der Waals surface area contributed by atoms with Gasteiger partial charge in [0.15, 0.2) is 5.17 Å². The van der Waals surface area contributed by atoms with Gasteiger partial charge in [-0.3, -0.25) is 5.41 Å². The van der Waals surface area contributed by atoms with Gasteiger partial charge in [-0.2, -0.15) is 0 Å². The summed E-state index contributed by atoms with van der Waals surface area (Å²) < 4.78 is 67.7. The Morgan fingerprint density at radius 2 is 1.93 bits per heavy atom. The fourth-order valence-electron chi connectivity index (χ4n) is 4.07. The van der Waals surface area contributed by atoms with Crippen molar-refractivity contribution in [1.29, 1.82) is 5.41 Å². The van der Waals surface area contributed by atoms with E-state index < -0.39 is 37.5 Å². The van der Waals surface area contributed by atoms with Crippen molar-refractivity contribution in [2.45, 2.75) is 24.2 Å². The van der Waals surface area contributed by atoms with Crippen LogP contribution in [0, 0.1) is 23.0 Å². The summed E-state index contributed by atoms with van der Waals surface area (Å²) >= 11 is 7.16. The highest BCUT2D eigenvalue weighted by molar-refractivity contribution is 8.32. The van der Waals surface area contributed by atoms with Gasteiger partial charge < -0.3 is 9.47 Å². The van der Waals surface area contributed by atoms with Gasteiger partial charge >= 0.3 is 0 Å². The molecule has 2 aromatic carbocycles. The zero-order chi connectivity index (χ0) is 29.5. The molecule has 3 rings (SSSR count). The van der Waals surface area contributed by atoms with Crippen LogP contribution in [-0.4, -0.2) is 62.4 Å². The highest BCUT2D eigenvalue weighted by Gasteiger charge is 2.32. The highest BCUT2D eigenvalue weighted by atomic mass is 35.5. The largest absolute Gasteiger partial charge is 0.491 e. The Hall–Kier alpha value is -2.05. The minimum atomic E-state index is -4.52. The van der Waals surface area contributed by atoms with E-state index in [2.05, 4.69) is 31.4 Å². The number of thioether (sulfide) groups is 1. The number of ether oxygens (including phenoxy) is 2. The highest BCUT2D eigenvalue weighted by Crippen LogP contribution is 2.37. The molecule has 0 heterocycles. The SMILES string of the molecule is C=CSC(=N)N(COCCS(C)(C)C)S(=O)(=O)c1cc(Cl)c(OCC2CCCC=C2c2ccc(F)cc2)cc1F. The van der Waals surface area contributed by atoms with Gasteiger partial charge in [0, 0.05) is 17.7 Å². The summed E-state index contributed by atoms with van der Waals surface area (Å²) in [7, 11) is -5.39. The van der Waals surface area contributed by atoms with E-state index in [1.54, 1.807) is 12.1 Å². The quantitative estimate of drug-likeness (QED) is 0.115. The summed E-state index contributed by atoms with van der Waals surface area (Å²) in [5.74, 6) is -0.652. The number of benzene rings is 2. The van der Waals surface area contributed by atoms with Crippen LogP contribution < -0.4 is 4.74 Å². The van der Waals surface area contributed by atoms with Crippen molar-refractivity contribution in [2.75, 3.05) is 44.5 Å². The second kappa shape index (κ2) is 14.2. The van der Waals surface area contributed by atoms with Crippen molar-refractivity contribution >= 4 is 54.2 Å². The minimum Gasteiger partial charge on any atom is -0.491 e. The van der Waals surface area contributed by atoms with Crippen molar-refractivity contribution in [3.8, 4) is 5.75 Å². The smallest absolute Gasteiger partial charge is 0.270 e. The molecule has 1 aliphatic carbocycles. The molecule has 40 heavy (non-hydrogen) atoms. The third kappa shape index (κ3) is 8.72. The van der Waals surface area contributed by atoms with Crippen molar-refractivity contribution in [1.82, 2.24) is 4.31 Å². The Balaban J connectivity index is 1.79. The van der Waals surface area contributed by atoms with Crippen molar-refractivity contribution in [3.63, 3.8) is 0 Å². The zero-order valence-corrected chi connectivity index (χ0v) is 26.0. The lowest BCUT2D eigenvalue weighted by Gasteiger charge is -2.27. The maximum absolute atomic E-state index is 15.3. The fourth-order valence-corrected chi connectivity index (χ4v) is 6.97. The number of amidine groups is 1. The molecule has 0 aliphatic heterocycles. The van der Waals surface area contributed by atoms with E-state index in [9.17, 15) is 12.8 Å². The summed E-state index contributed by atoms with van der Waals surface area (Å²) in [5.41, 5.74) is 1.91. The van der Waals surface area contributed by atoms with Crippen LogP contribution in [0.4, 0.5) is 8.78 Å². The number of allylic oxidation sites excluding steroid dienone is 1. The molecule has 6 nitrogen and oxygen atoms in total. The average Bonchev–Trinajstić information content (AvgIpc) is 2.88. The minimum absolute atomic E-state index is 0.00800. The molecule has 1 aliphatic rings. The van der Waals surface area contributed by atoms with Crippen LogP contribution >= 0.6 is 33.4 Å². The van der Waals surface area contributed by atoms with Gasteiger partial charge in [-0.15, -0.1) is 0 Å². The van der Waals surface area contributed by atoms with Gasteiger partial charge in [0.25, 0.3) is 10.0 Å². The molecule has 0 bridgehead atoms. The number of hydrogen-bond donors (Lipinski definition) is 1. The zero-order valence-electron chi connectivity index (χ0n) is 22.8. The first-order valence-electron chi connectivity index (χ1n) is 12.5. The normalized spacial score (nSPS) is 16.2. The summed E-state index contributed by atoms with van der Waals surface area (Å²) in [5, 5.41) is 9.06. The lowest BCUT2D eigenvalue weighted by atomic mass is 9.84. The maximum atomic E-state index is 15.3. The average molecular weight is 633 g/mol. The van der Waals surface area contributed by atoms with Crippen LogP contribution in [0.3, 0.4) is 0 Å². The number of sulfonamides is 1. The van der Waals surface area contributed by atoms with E-state index in [4.69, 9.17) is 26.5 Å². The number of halogens is 3. The molecule has 0 spiro atoms. The molecule has 0 saturated carbocycles. The van der Waals surface area contributed by atoms with Crippen LogP contribution in [0.25, 0.3) is 5.57 Å². The molecule has 12 heteroatoms. The molecule has 2 aromatic rings. The monoisotopic (exact) mass is 632 g/mol. The lowest BCUT2D eigenvalue weighted by molar-refractivity contribution is 0.109. The third-order valence-corrected chi connectivity index (χ3v) is 10.4. The van der Waals surface area contributed by atoms with Gasteiger partial charge in [0.2, 0.25) is 0 Å². The molecule has 1 atom stereocenters. The van der Waals surface area contributed by atoms with Crippen molar-refractivity contribution in [2.24, 2.45) is 5.92 Å². The fraction of sp³-hybridized carbons (Fsp3) is 0.393. The van der Waals surface area contributed by atoms with Gasteiger partial charge in [-0.05, 0) is 72.8 Å². The number of nitrogens with one attached hydrogen (secondary N) is 1. The van der Waals surface area contributed by atoms with Gasteiger partial charge in [0.05, 0.1) is 18.2 Å². The molecule has 220 valence electrons. The van der Waals surface area contributed by atoms with E-state index in [0.29, 0.717) is 10.9 Å². The predicted octanol–water partition coefficient (Wildman–Crippen LogP) is 7.35. The molecule has 0 saturated heterocycles. The summed E-state index contributed by atoms with van der Waals surface area (Å²) in [6, 6.07) is 8.19. The Kier molecular flexibility index (Phi) is 11.5. The van der Waals surface area contributed by atoms with E-state index in [0.717, 1.165) is 60.0 Å². The van der Waals surface area contributed by atoms with Crippen LogP contribution in [0.15, 0.2) is 59.4 Å². The number of nitrogens with zero attached hydrogens (tertiary/aromatic N) is 1. The standard InChI is InChI=1S/C28H35ClF2N2O4S3/c1-5-38-28(32)33(19-36-14-15-39(2,3)4)40(34,35)27-16-24(29)26(17-25(27)31)37-18-21-8-6-7-9-23(21)20-10-12-22(30)13-11-20/h5,9-13,16-17,21,32H,1,6-8,14-15,18-19H2,2-4H3. The molecule has 0 radical (unpaired) electrons. The summed E-state index contributed by atoms with van der Waals surface area (Å²) in [6.07, 6.45) is 11.1. The topological polar surface area (TPSA) is 79.7 Å². The predicted molar refractivity (Wildman–Crippen MR) is 164 cm³/mol. The van der Waals surface area contributed by atoms with Crippen LogP contribution in [0.2, 0.25) is 5.02 Å². The number of rotatable bonds is 12. The van der Waals surface area contributed by atoms with Gasteiger partial charge in [0.1, 0.15) is 29.0 Å². The molecular formula is C28H35ClF2N2O4S3. The molecule has 1 N–H and O–H groups in total. The first-order chi connectivity index (χ1) is 18.8. The molecule has 0 amide bonds. The third-order valence-electron chi connectivity index (χ3n) is 6.20. The van der Waals surface area contributed by atoms with Crippen molar-refractivity contribution in [3.05, 3.63) is 76.7 Å². The molecule has 0 aromatic heterocycles. The summed E-state index contributed by atoms with van der Waals surface area (Å²) in [6.45, 7) is 3.56. The second-order valence-electron chi connectivity index (χ2n) is 10.1. The maximum Gasteiger partial charge on any atom is 0.270 e. The second-order valence-corrected chi connectivity index (χ2v) is 17.9. The van der Waals surface area contributed by atoms with E-state index in [1.807, 2.05) is 0 Å². The number of hydrogen-bond acceptors (Lipinski definition) is 6. The first-order valence-corrected chi connectivity index (χ1v) is 18.3. The van der Waals surface area contributed by atoms with E-state index in [-0.39, 0.29) is 34.3 Å². The first kappa shape index (κ1) is 32.5. The van der Waals surface area contributed by atoms with E-state index in [1.165, 1.54) is 17.5 Å². The Morgan fingerprint density at radius 3 is 2.58 bits per heavy atom. The van der Waals surface area contributed by atoms with Crippen LogP contribution in [0.1, 0.15) is 24.8 Å². The molecule has 0 fully saturated rings. The Morgan fingerprint density at radius 1 is 1.23 bits per heavy atom. The Bertz CT molecular complexity index is 1350. The molecule has 1 unspecified atom stereocenters. The van der Waals surface area contributed by atoms with Gasteiger partial charge in [-0.1, -0.05) is 48.2 Å². The summed E-state index contributed by atoms with van der Waals surface area (Å²) in [4.78, 5) is -0.686. The molecular weight excluding hydrogens is 598 g/mol. The van der Waals surface area contributed by atoms with Crippen molar-refractivity contribution < 1.29 is 26.7 Å². The lowest BCUT2D eigenvalue weighted by Crippen LogP contribution is -2.37. The Labute approximate surface area is 246 Å². The van der Waals surface area contributed by atoms with E-state index >= 15 is 4.39 Å². The van der Waals surface area contributed by atoms with Crippen LogP contribution in [-0.2, 0) is 14.8 Å². The van der Waals surface area contributed by atoms with Gasteiger partial charge in [-0.25, -0.2) is 31.5 Å². The van der Waals surface area contributed by atoms with Crippen LogP contribution in [0.5, 0.6) is 5.75 Å².